The molecule has 5 heteroatoms. The van der Waals surface area contributed by atoms with E-state index in [0.717, 1.165) is 43.9 Å². The zero-order valence-electron chi connectivity index (χ0n) is 10.4. The van der Waals surface area contributed by atoms with Gasteiger partial charge in [0.2, 0.25) is 0 Å². The molecule has 2 N–H and O–H groups in total. The third-order valence-corrected chi connectivity index (χ3v) is 4.05. The van der Waals surface area contributed by atoms with Gasteiger partial charge in [-0.3, -0.25) is 4.79 Å². The van der Waals surface area contributed by atoms with Crippen molar-refractivity contribution in [3.63, 3.8) is 0 Å². The molecule has 2 aliphatic heterocycles. The zero-order valence-corrected chi connectivity index (χ0v) is 10.4. The van der Waals surface area contributed by atoms with Gasteiger partial charge in [0.05, 0.1) is 11.6 Å². The minimum atomic E-state index is -0.684. The van der Waals surface area contributed by atoms with E-state index in [4.69, 9.17) is 5.11 Å². The zero-order chi connectivity index (χ0) is 12.5. The van der Waals surface area contributed by atoms with Crippen LogP contribution in [0.4, 0.5) is 0 Å². The van der Waals surface area contributed by atoms with E-state index in [1.165, 1.54) is 6.42 Å². The normalized spacial score (nSPS) is 27.1. The Morgan fingerprint density at radius 1 is 1.56 bits per heavy atom. The third-order valence-electron chi connectivity index (χ3n) is 4.05. The first kappa shape index (κ1) is 11.7. The molecule has 1 saturated heterocycles. The van der Waals surface area contributed by atoms with Gasteiger partial charge in [-0.25, -0.2) is 4.98 Å². The quantitative estimate of drug-likeness (QED) is 0.826. The van der Waals surface area contributed by atoms with Crippen LogP contribution in [0.15, 0.2) is 6.20 Å². The summed E-state index contributed by atoms with van der Waals surface area (Å²) in [6.45, 7) is 2.78. The molecule has 18 heavy (non-hydrogen) atoms. The second kappa shape index (κ2) is 4.72. The van der Waals surface area contributed by atoms with Crippen molar-refractivity contribution in [2.75, 3.05) is 13.1 Å². The molecule has 0 radical (unpaired) electrons. The molecular weight excluding hydrogens is 230 g/mol. The first-order chi connectivity index (χ1) is 8.72. The van der Waals surface area contributed by atoms with Gasteiger partial charge in [0, 0.05) is 19.2 Å². The summed E-state index contributed by atoms with van der Waals surface area (Å²) >= 11 is 0. The van der Waals surface area contributed by atoms with Crippen LogP contribution in [-0.2, 0) is 24.2 Å². The molecule has 0 spiro atoms. The lowest BCUT2D eigenvalue weighted by atomic mass is 10.00. The van der Waals surface area contributed by atoms with Crippen molar-refractivity contribution in [3.8, 4) is 0 Å². The number of fused-ring (bicyclic) bond motifs is 1. The summed E-state index contributed by atoms with van der Waals surface area (Å²) in [4.78, 5) is 15.7. The number of imidazole rings is 1. The highest BCUT2D eigenvalue weighted by Gasteiger charge is 2.26. The molecule has 0 aromatic carbocycles. The standard InChI is InChI=1S/C13H19N3O2/c17-13(18)10-1-2-12-15-11(8-16(12)7-10)5-9-3-4-14-6-9/h8-10,14H,1-7H2,(H,17,18). The molecule has 2 atom stereocenters. The van der Waals surface area contributed by atoms with Crippen molar-refractivity contribution in [1.82, 2.24) is 14.9 Å². The number of hydrogen-bond donors (Lipinski definition) is 2. The van der Waals surface area contributed by atoms with E-state index < -0.39 is 5.97 Å². The minimum Gasteiger partial charge on any atom is -0.481 e. The summed E-state index contributed by atoms with van der Waals surface area (Å²) in [6, 6.07) is 0. The van der Waals surface area contributed by atoms with E-state index in [-0.39, 0.29) is 5.92 Å². The highest BCUT2D eigenvalue weighted by atomic mass is 16.4. The minimum absolute atomic E-state index is 0.243. The Morgan fingerprint density at radius 3 is 3.17 bits per heavy atom. The van der Waals surface area contributed by atoms with Crippen molar-refractivity contribution in [3.05, 3.63) is 17.7 Å². The van der Waals surface area contributed by atoms with Gasteiger partial charge in [0.1, 0.15) is 5.82 Å². The van der Waals surface area contributed by atoms with Crippen LogP contribution in [0.5, 0.6) is 0 Å². The van der Waals surface area contributed by atoms with Crippen molar-refractivity contribution in [1.29, 1.82) is 0 Å². The Labute approximate surface area is 106 Å². The first-order valence-corrected chi connectivity index (χ1v) is 6.71. The van der Waals surface area contributed by atoms with Crippen LogP contribution in [0, 0.1) is 11.8 Å². The van der Waals surface area contributed by atoms with Crippen LogP contribution < -0.4 is 5.32 Å². The molecule has 98 valence electrons. The number of aryl methyl sites for hydroxylation is 1. The number of nitrogens with one attached hydrogen (secondary N) is 1. The fraction of sp³-hybridized carbons (Fsp3) is 0.692. The Morgan fingerprint density at radius 2 is 2.44 bits per heavy atom. The highest BCUT2D eigenvalue weighted by molar-refractivity contribution is 5.70. The van der Waals surface area contributed by atoms with Crippen LogP contribution in [0.25, 0.3) is 0 Å². The molecule has 3 heterocycles. The van der Waals surface area contributed by atoms with Gasteiger partial charge >= 0.3 is 5.97 Å². The van der Waals surface area contributed by atoms with E-state index in [2.05, 4.69) is 16.5 Å². The maximum atomic E-state index is 11.0. The Balaban J connectivity index is 1.70. The first-order valence-electron chi connectivity index (χ1n) is 6.71. The Hall–Kier alpha value is -1.36. The third kappa shape index (κ3) is 2.27. The second-order valence-corrected chi connectivity index (χ2v) is 5.44. The molecule has 1 aromatic rings. The molecule has 2 aliphatic rings. The molecule has 1 aromatic heterocycles. The van der Waals surface area contributed by atoms with Gasteiger partial charge in [0.25, 0.3) is 0 Å². The number of nitrogens with zero attached hydrogens (tertiary/aromatic N) is 2. The van der Waals surface area contributed by atoms with E-state index in [0.29, 0.717) is 12.5 Å². The maximum Gasteiger partial charge on any atom is 0.308 e. The van der Waals surface area contributed by atoms with Crippen molar-refractivity contribution < 1.29 is 9.90 Å². The van der Waals surface area contributed by atoms with Gasteiger partial charge in [0.15, 0.2) is 0 Å². The van der Waals surface area contributed by atoms with E-state index in [1.807, 2.05) is 4.57 Å². The number of carbonyl (C=O) groups is 1. The predicted octanol–water partition coefficient (Wildman–Crippen LogP) is 0.682. The average Bonchev–Trinajstić information content (AvgIpc) is 2.96. The van der Waals surface area contributed by atoms with E-state index >= 15 is 0 Å². The van der Waals surface area contributed by atoms with Crippen molar-refractivity contribution in [2.24, 2.45) is 11.8 Å². The summed E-state index contributed by atoms with van der Waals surface area (Å²) in [5.41, 5.74) is 1.13. The van der Waals surface area contributed by atoms with Crippen LogP contribution in [0.2, 0.25) is 0 Å². The summed E-state index contributed by atoms with van der Waals surface area (Å²) in [6.07, 6.45) is 5.81. The molecule has 5 nitrogen and oxygen atoms in total. The van der Waals surface area contributed by atoms with E-state index in [1.54, 1.807) is 0 Å². The van der Waals surface area contributed by atoms with Crippen LogP contribution in [-0.4, -0.2) is 33.7 Å². The molecule has 1 fully saturated rings. The molecule has 2 unspecified atom stereocenters. The molecule has 0 aliphatic carbocycles. The number of hydrogen-bond acceptors (Lipinski definition) is 3. The number of aliphatic carboxylic acids is 1. The predicted molar refractivity (Wildman–Crippen MR) is 66.4 cm³/mol. The fourth-order valence-electron chi connectivity index (χ4n) is 2.99. The smallest absolute Gasteiger partial charge is 0.308 e. The number of carboxylic acids is 1. The SMILES string of the molecule is O=C(O)C1CCc2nc(CC3CCNC3)cn2C1. The fourth-order valence-corrected chi connectivity index (χ4v) is 2.99. The van der Waals surface area contributed by atoms with Gasteiger partial charge in [-0.1, -0.05) is 0 Å². The molecule has 0 saturated carbocycles. The van der Waals surface area contributed by atoms with Crippen molar-refractivity contribution >= 4 is 5.97 Å². The Kier molecular flexibility index (Phi) is 3.07. The Bertz CT molecular complexity index is 449. The lowest BCUT2D eigenvalue weighted by Crippen LogP contribution is -2.26. The summed E-state index contributed by atoms with van der Waals surface area (Å²) < 4.78 is 2.04. The van der Waals surface area contributed by atoms with Gasteiger partial charge in [-0.05, 0) is 38.3 Å². The van der Waals surface area contributed by atoms with Crippen molar-refractivity contribution in [2.45, 2.75) is 32.2 Å². The van der Waals surface area contributed by atoms with E-state index in [9.17, 15) is 4.79 Å². The van der Waals surface area contributed by atoms with Gasteiger partial charge < -0.3 is 15.0 Å². The molecular formula is C13H19N3O2. The van der Waals surface area contributed by atoms with Crippen LogP contribution in [0.3, 0.4) is 0 Å². The summed E-state index contributed by atoms with van der Waals surface area (Å²) in [5, 5.41) is 12.4. The highest BCUT2D eigenvalue weighted by Crippen LogP contribution is 2.22. The van der Waals surface area contributed by atoms with Gasteiger partial charge in [-0.15, -0.1) is 0 Å². The monoisotopic (exact) mass is 249 g/mol. The topological polar surface area (TPSA) is 67.2 Å². The van der Waals surface area contributed by atoms with Crippen LogP contribution in [0.1, 0.15) is 24.4 Å². The second-order valence-electron chi connectivity index (χ2n) is 5.44. The molecule has 0 bridgehead atoms. The number of rotatable bonds is 3. The number of aromatic nitrogens is 2. The maximum absolute atomic E-state index is 11.0. The molecule has 3 rings (SSSR count). The largest absolute Gasteiger partial charge is 0.481 e. The molecule has 0 amide bonds. The lowest BCUT2D eigenvalue weighted by molar-refractivity contribution is -0.142. The lowest BCUT2D eigenvalue weighted by Gasteiger charge is -2.19. The number of carboxylic acid groups (broad SMARTS) is 1. The van der Waals surface area contributed by atoms with Gasteiger partial charge in [-0.2, -0.15) is 0 Å². The van der Waals surface area contributed by atoms with Crippen LogP contribution >= 0.6 is 0 Å². The average molecular weight is 249 g/mol. The summed E-state index contributed by atoms with van der Waals surface area (Å²) in [5.74, 6) is 0.828. The summed E-state index contributed by atoms with van der Waals surface area (Å²) in [7, 11) is 0.